The fourth-order valence-electron chi connectivity index (χ4n) is 2.86. The molecule has 0 saturated carbocycles. The number of nitro benzene ring substituents is 1. The number of nitro groups is 1. The predicted molar refractivity (Wildman–Crippen MR) is 117 cm³/mol. The number of anilines is 1. The van der Waals surface area contributed by atoms with Gasteiger partial charge in [-0.3, -0.25) is 14.9 Å². The van der Waals surface area contributed by atoms with Gasteiger partial charge in [-0.05, 0) is 42.0 Å². The lowest BCUT2D eigenvalue weighted by Gasteiger charge is -2.06. The Morgan fingerprint density at radius 3 is 2.47 bits per heavy atom. The van der Waals surface area contributed by atoms with Crippen LogP contribution in [0.1, 0.15) is 5.56 Å². The van der Waals surface area contributed by atoms with Crippen LogP contribution in [-0.2, 0) is 10.5 Å². The van der Waals surface area contributed by atoms with Crippen LogP contribution in [0.5, 0.6) is 0 Å². The van der Waals surface area contributed by atoms with Gasteiger partial charge in [0.1, 0.15) is 5.52 Å². The van der Waals surface area contributed by atoms with Crippen LogP contribution in [0.2, 0.25) is 0 Å². The summed E-state index contributed by atoms with van der Waals surface area (Å²) in [4.78, 5) is 26.9. The molecule has 0 aliphatic rings. The van der Waals surface area contributed by atoms with Crippen LogP contribution >= 0.6 is 11.8 Å². The van der Waals surface area contributed by atoms with Crippen molar-refractivity contribution < 1.29 is 14.1 Å². The zero-order valence-electron chi connectivity index (χ0n) is 15.8. The lowest BCUT2D eigenvalue weighted by Crippen LogP contribution is -2.14. The highest BCUT2D eigenvalue weighted by Crippen LogP contribution is 2.25. The zero-order chi connectivity index (χ0) is 20.9. The molecule has 0 aliphatic heterocycles. The molecular weight excluding hydrogens is 402 g/mol. The summed E-state index contributed by atoms with van der Waals surface area (Å²) in [7, 11) is 0. The van der Waals surface area contributed by atoms with Crippen molar-refractivity contribution >= 4 is 40.1 Å². The summed E-state index contributed by atoms with van der Waals surface area (Å²) in [5.74, 6) is 1.30. The molecule has 0 bridgehead atoms. The third-order valence-electron chi connectivity index (χ3n) is 4.36. The first kappa shape index (κ1) is 19.7. The average Bonchev–Trinajstić information content (AvgIpc) is 3.19. The van der Waals surface area contributed by atoms with E-state index < -0.39 is 4.92 Å². The molecule has 0 unspecified atom stereocenters. The maximum absolute atomic E-state index is 12.2. The Bertz CT molecular complexity index is 1150. The summed E-state index contributed by atoms with van der Waals surface area (Å²) >= 11 is 1.44. The van der Waals surface area contributed by atoms with Crippen molar-refractivity contribution in [2.75, 3.05) is 11.1 Å². The Balaban J connectivity index is 1.29. The molecule has 0 spiro atoms. The minimum absolute atomic E-state index is 0.0581. The number of nitrogens with one attached hydrogen (secondary N) is 1. The summed E-state index contributed by atoms with van der Waals surface area (Å²) in [6.45, 7) is 0. The molecule has 30 heavy (non-hydrogen) atoms. The molecule has 1 heterocycles. The molecule has 0 aliphatic carbocycles. The molecule has 7 nitrogen and oxygen atoms in total. The quantitative estimate of drug-likeness (QED) is 0.323. The second-order valence-corrected chi connectivity index (χ2v) is 7.51. The van der Waals surface area contributed by atoms with Gasteiger partial charge in [-0.1, -0.05) is 24.3 Å². The smallest absolute Gasteiger partial charge is 0.269 e. The molecule has 4 aromatic rings. The van der Waals surface area contributed by atoms with E-state index in [0.29, 0.717) is 17.3 Å². The molecule has 0 saturated heterocycles. The summed E-state index contributed by atoms with van der Waals surface area (Å²) in [5, 5.41) is 13.5. The molecule has 0 radical (unpaired) electrons. The first-order valence-electron chi connectivity index (χ1n) is 9.15. The number of amides is 1. The highest BCUT2D eigenvalue weighted by molar-refractivity contribution is 7.99. The number of thioether (sulfide) groups is 1. The normalized spacial score (nSPS) is 10.8. The molecular formula is C22H17N3O4S. The topological polar surface area (TPSA) is 98.3 Å². The number of nitrogens with zero attached hydrogens (tertiary/aromatic N) is 2. The van der Waals surface area contributed by atoms with Crippen molar-refractivity contribution in [1.29, 1.82) is 0 Å². The molecule has 150 valence electrons. The average molecular weight is 419 g/mol. The SMILES string of the molecule is O=C(CSCc1ccc([N+](=O)[O-])cc1)Nc1ccc(-c2nc3ccccc3o2)cc1. The minimum atomic E-state index is -0.431. The number of aromatic nitrogens is 1. The Kier molecular flexibility index (Phi) is 5.76. The number of hydrogen-bond acceptors (Lipinski definition) is 6. The largest absolute Gasteiger partial charge is 0.436 e. The fourth-order valence-corrected chi connectivity index (χ4v) is 3.65. The van der Waals surface area contributed by atoms with Crippen LogP contribution in [-0.4, -0.2) is 21.6 Å². The van der Waals surface area contributed by atoms with Crippen LogP contribution < -0.4 is 5.32 Å². The highest BCUT2D eigenvalue weighted by Gasteiger charge is 2.09. The molecule has 0 atom stereocenters. The van der Waals surface area contributed by atoms with E-state index in [-0.39, 0.29) is 17.3 Å². The maximum Gasteiger partial charge on any atom is 0.269 e. The standard InChI is InChI=1S/C22H17N3O4S/c26-21(14-30-13-15-5-11-18(12-6-15)25(27)28)23-17-9-7-16(8-10-17)22-24-19-3-1-2-4-20(19)29-22/h1-12H,13-14H2,(H,23,26). The van der Waals surface area contributed by atoms with Gasteiger partial charge in [0.15, 0.2) is 5.58 Å². The number of oxazole rings is 1. The number of benzene rings is 3. The highest BCUT2D eigenvalue weighted by atomic mass is 32.2. The molecule has 1 aromatic heterocycles. The number of fused-ring (bicyclic) bond motifs is 1. The van der Waals surface area contributed by atoms with Crippen LogP contribution in [0.3, 0.4) is 0 Å². The number of carbonyl (C=O) groups is 1. The third-order valence-corrected chi connectivity index (χ3v) is 5.36. The van der Waals surface area contributed by atoms with Crippen molar-refractivity contribution in [2.24, 2.45) is 0 Å². The van der Waals surface area contributed by atoms with E-state index >= 15 is 0 Å². The molecule has 0 fully saturated rings. The lowest BCUT2D eigenvalue weighted by atomic mass is 10.2. The number of non-ortho nitro benzene ring substituents is 1. The van der Waals surface area contributed by atoms with E-state index in [4.69, 9.17) is 4.42 Å². The molecule has 4 rings (SSSR count). The first-order valence-corrected chi connectivity index (χ1v) is 10.3. The van der Waals surface area contributed by atoms with E-state index in [1.165, 1.54) is 23.9 Å². The van der Waals surface area contributed by atoms with Crippen molar-refractivity contribution in [3.05, 3.63) is 88.5 Å². The van der Waals surface area contributed by atoms with Gasteiger partial charge in [0.2, 0.25) is 11.8 Å². The maximum atomic E-state index is 12.2. The summed E-state index contributed by atoms with van der Waals surface area (Å²) < 4.78 is 5.75. The van der Waals surface area contributed by atoms with Crippen LogP contribution in [0, 0.1) is 10.1 Å². The molecule has 3 aromatic carbocycles. The Labute approximate surface area is 176 Å². The van der Waals surface area contributed by atoms with Gasteiger partial charge in [-0.15, -0.1) is 11.8 Å². The Morgan fingerprint density at radius 2 is 1.77 bits per heavy atom. The minimum Gasteiger partial charge on any atom is -0.436 e. The number of rotatable bonds is 7. The second-order valence-electron chi connectivity index (χ2n) is 6.53. The Morgan fingerprint density at radius 1 is 1.03 bits per heavy atom. The summed E-state index contributed by atoms with van der Waals surface area (Å²) in [5.41, 5.74) is 4.04. The lowest BCUT2D eigenvalue weighted by molar-refractivity contribution is -0.384. The molecule has 1 amide bonds. The van der Waals surface area contributed by atoms with Crippen molar-refractivity contribution in [3.8, 4) is 11.5 Å². The van der Waals surface area contributed by atoms with Gasteiger partial charge < -0.3 is 9.73 Å². The zero-order valence-corrected chi connectivity index (χ0v) is 16.6. The number of carbonyl (C=O) groups excluding carboxylic acids is 1. The number of hydrogen-bond donors (Lipinski definition) is 1. The van der Waals surface area contributed by atoms with E-state index in [9.17, 15) is 14.9 Å². The molecule has 1 N–H and O–H groups in total. The van der Waals surface area contributed by atoms with E-state index in [1.54, 1.807) is 12.1 Å². The number of para-hydroxylation sites is 2. The first-order chi connectivity index (χ1) is 14.6. The van der Waals surface area contributed by atoms with Gasteiger partial charge in [0.25, 0.3) is 5.69 Å². The monoisotopic (exact) mass is 419 g/mol. The fraction of sp³-hybridized carbons (Fsp3) is 0.0909. The van der Waals surface area contributed by atoms with E-state index in [1.807, 2.05) is 48.5 Å². The van der Waals surface area contributed by atoms with Crippen molar-refractivity contribution in [1.82, 2.24) is 4.98 Å². The van der Waals surface area contributed by atoms with E-state index in [0.717, 1.165) is 22.2 Å². The predicted octanol–water partition coefficient (Wildman–Crippen LogP) is 5.27. The van der Waals surface area contributed by atoms with Crippen molar-refractivity contribution in [3.63, 3.8) is 0 Å². The van der Waals surface area contributed by atoms with Crippen LogP contribution in [0.4, 0.5) is 11.4 Å². The van der Waals surface area contributed by atoms with Crippen LogP contribution in [0.25, 0.3) is 22.6 Å². The summed E-state index contributed by atoms with van der Waals surface area (Å²) in [6, 6.07) is 21.2. The third kappa shape index (κ3) is 4.66. The van der Waals surface area contributed by atoms with Gasteiger partial charge >= 0.3 is 0 Å². The van der Waals surface area contributed by atoms with E-state index in [2.05, 4.69) is 10.3 Å². The van der Waals surface area contributed by atoms with Crippen molar-refractivity contribution in [2.45, 2.75) is 5.75 Å². The van der Waals surface area contributed by atoms with Gasteiger partial charge in [0, 0.05) is 29.1 Å². The van der Waals surface area contributed by atoms with Gasteiger partial charge in [0.05, 0.1) is 10.7 Å². The van der Waals surface area contributed by atoms with Gasteiger partial charge in [-0.2, -0.15) is 0 Å². The summed E-state index contributed by atoms with van der Waals surface area (Å²) in [6.07, 6.45) is 0. The second kappa shape index (κ2) is 8.79. The van der Waals surface area contributed by atoms with Gasteiger partial charge in [-0.25, -0.2) is 4.98 Å². The van der Waals surface area contributed by atoms with Crippen LogP contribution in [0.15, 0.2) is 77.2 Å². The Hall–Kier alpha value is -3.65. The molecule has 8 heteroatoms.